The van der Waals surface area contributed by atoms with Gasteiger partial charge in [0.25, 0.3) is 0 Å². The van der Waals surface area contributed by atoms with Crippen molar-refractivity contribution in [1.82, 2.24) is 0 Å². The number of nitroso groups, excluding NO2 is 1. The number of rotatable bonds is 3. The molecule has 0 amide bonds. The Bertz CT molecular complexity index is 330. The summed E-state index contributed by atoms with van der Waals surface area (Å²) in [6.07, 6.45) is 0. The van der Waals surface area contributed by atoms with Gasteiger partial charge in [0.15, 0.2) is 11.6 Å². The van der Waals surface area contributed by atoms with Gasteiger partial charge in [0.2, 0.25) is 0 Å². The second-order valence-electron chi connectivity index (χ2n) is 2.37. The molecule has 0 bridgehead atoms. The molecule has 0 aliphatic carbocycles. The van der Waals surface area contributed by atoms with Crippen LogP contribution < -0.4 is 4.74 Å². The van der Waals surface area contributed by atoms with E-state index in [-0.39, 0.29) is 12.3 Å². The summed E-state index contributed by atoms with van der Waals surface area (Å²) in [6, 6.07) is 2.87. The van der Waals surface area contributed by atoms with E-state index in [1.807, 2.05) is 0 Å². The molecule has 1 aromatic carbocycles. The van der Waals surface area contributed by atoms with Crippen molar-refractivity contribution in [2.75, 3.05) is 7.11 Å². The second-order valence-corrected chi connectivity index (χ2v) is 3.28. The average molecular weight is 248 g/mol. The molecule has 1 aromatic rings. The molecule has 0 saturated carbocycles. The van der Waals surface area contributed by atoms with Crippen molar-refractivity contribution in [2.45, 2.75) is 6.54 Å². The van der Waals surface area contributed by atoms with E-state index in [2.05, 4.69) is 21.1 Å². The van der Waals surface area contributed by atoms with Crippen molar-refractivity contribution < 1.29 is 9.13 Å². The predicted octanol–water partition coefficient (Wildman–Crippen LogP) is 2.86. The highest BCUT2D eigenvalue weighted by molar-refractivity contribution is 9.10. The molecule has 0 N–H and O–H groups in total. The minimum atomic E-state index is -0.504. The molecular weight excluding hydrogens is 241 g/mol. The standard InChI is InChI=1S/C8H7BrFNO2/c1-13-8-5(4-11-12)2-6(9)3-7(8)10/h2-3H,4H2,1H3. The molecule has 70 valence electrons. The van der Waals surface area contributed by atoms with Gasteiger partial charge in [-0.2, -0.15) is 4.91 Å². The van der Waals surface area contributed by atoms with E-state index in [9.17, 15) is 9.30 Å². The molecule has 0 aliphatic heterocycles. The van der Waals surface area contributed by atoms with Crippen molar-refractivity contribution in [1.29, 1.82) is 0 Å². The minimum Gasteiger partial charge on any atom is -0.493 e. The van der Waals surface area contributed by atoms with Gasteiger partial charge >= 0.3 is 0 Å². The summed E-state index contributed by atoms with van der Waals surface area (Å²) in [6.45, 7) is -0.0977. The molecule has 0 spiro atoms. The third kappa shape index (κ3) is 2.24. The highest BCUT2D eigenvalue weighted by Gasteiger charge is 2.10. The van der Waals surface area contributed by atoms with Gasteiger partial charge in [0, 0.05) is 10.0 Å². The highest BCUT2D eigenvalue weighted by Crippen LogP contribution is 2.27. The molecule has 0 unspecified atom stereocenters. The Balaban J connectivity index is 3.20. The van der Waals surface area contributed by atoms with Crippen LogP contribution in [0.25, 0.3) is 0 Å². The number of hydrogen-bond acceptors (Lipinski definition) is 3. The molecule has 0 atom stereocenters. The fraction of sp³-hybridized carbons (Fsp3) is 0.250. The first-order valence-electron chi connectivity index (χ1n) is 3.50. The van der Waals surface area contributed by atoms with Crippen molar-refractivity contribution in [3.8, 4) is 5.75 Å². The van der Waals surface area contributed by atoms with Crippen LogP contribution in [0.3, 0.4) is 0 Å². The Labute approximate surface area is 83.0 Å². The van der Waals surface area contributed by atoms with Crippen LogP contribution in [-0.2, 0) is 6.54 Å². The lowest BCUT2D eigenvalue weighted by atomic mass is 10.2. The SMILES string of the molecule is COc1c(F)cc(Br)cc1CN=O. The van der Waals surface area contributed by atoms with Crippen molar-refractivity contribution in [3.63, 3.8) is 0 Å². The predicted molar refractivity (Wildman–Crippen MR) is 50.2 cm³/mol. The quantitative estimate of drug-likeness (QED) is 0.771. The fourth-order valence-electron chi connectivity index (χ4n) is 1.03. The van der Waals surface area contributed by atoms with E-state index < -0.39 is 5.82 Å². The number of halogens is 2. The summed E-state index contributed by atoms with van der Waals surface area (Å²) in [5.74, 6) is -0.432. The van der Waals surface area contributed by atoms with Gasteiger partial charge in [-0.1, -0.05) is 21.1 Å². The number of nitrogens with zero attached hydrogens (tertiary/aromatic N) is 1. The summed E-state index contributed by atoms with van der Waals surface area (Å²) < 4.78 is 18.5. The molecule has 0 radical (unpaired) electrons. The van der Waals surface area contributed by atoms with Crippen LogP contribution in [0, 0.1) is 10.7 Å². The lowest BCUT2D eigenvalue weighted by molar-refractivity contribution is 0.381. The molecule has 0 aromatic heterocycles. The largest absolute Gasteiger partial charge is 0.493 e. The Morgan fingerprint density at radius 3 is 2.85 bits per heavy atom. The van der Waals surface area contributed by atoms with Gasteiger partial charge < -0.3 is 4.74 Å². The minimum absolute atomic E-state index is 0.0720. The monoisotopic (exact) mass is 247 g/mol. The topological polar surface area (TPSA) is 38.7 Å². The lowest BCUT2D eigenvalue weighted by Crippen LogP contribution is -1.94. The van der Waals surface area contributed by atoms with Crippen LogP contribution in [0.2, 0.25) is 0 Å². The maximum Gasteiger partial charge on any atom is 0.166 e. The molecule has 0 aliphatic rings. The molecule has 3 nitrogen and oxygen atoms in total. The molecule has 13 heavy (non-hydrogen) atoms. The van der Waals surface area contributed by atoms with Gasteiger partial charge in [-0.05, 0) is 12.1 Å². The van der Waals surface area contributed by atoms with E-state index >= 15 is 0 Å². The average Bonchev–Trinajstić information content (AvgIpc) is 2.04. The van der Waals surface area contributed by atoms with Crippen LogP contribution in [0.15, 0.2) is 21.8 Å². The van der Waals surface area contributed by atoms with Crippen LogP contribution >= 0.6 is 15.9 Å². The van der Waals surface area contributed by atoms with Gasteiger partial charge in [-0.3, -0.25) is 0 Å². The molecular formula is C8H7BrFNO2. The first kappa shape index (κ1) is 10.1. The third-order valence-electron chi connectivity index (χ3n) is 1.52. The summed E-state index contributed by atoms with van der Waals surface area (Å²) in [5, 5.41) is 2.68. The van der Waals surface area contributed by atoms with Crippen LogP contribution in [0.4, 0.5) is 4.39 Å². The van der Waals surface area contributed by atoms with Crippen LogP contribution in [-0.4, -0.2) is 7.11 Å². The van der Waals surface area contributed by atoms with Gasteiger partial charge in [-0.15, -0.1) is 0 Å². The van der Waals surface area contributed by atoms with Gasteiger partial charge in [-0.25, -0.2) is 4.39 Å². The first-order valence-corrected chi connectivity index (χ1v) is 4.29. The number of ether oxygens (including phenoxy) is 1. The van der Waals surface area contributed by atoms with Crippen LogP contribution in [0.5, 0.6) is 5.75 Å². The Morgan fingerprint density at radius 1 is 1.62 bits per heavy atom. The smallest absolute Gasteiger partial charge is 0.166 e. The Kier molecular flexibility index (Phi) is 3.36. The number of benzene rings is 1. The van der Waals surface area contributed by atoms with Crippen LogP contribution in [0.1, 0.15) is 5.56 Å². The summed E-state index contributed by atoms with van der Waals surface area (Å²) in [5.41, 5.74) is 0.435. The zero-order chi connectivity index (χ0) is 9.84. The van der Waals surface area contributed by atoms with E-state index in [1.54, 1.807) is 6.07 Å². The molecule has 0 heterocycles. The molecule has 0 saturated heterocycles. The summed E-state index contributed by atoms with van der Waals surface area (Å²) >= 11 is 3.11. The maximum absolute atomic E-state index is 13.1. The fourth-order valence-corrected chi connectivity index (χ4v) is 1.51. The Hall–Kier alpha value is -0.970. The molecule has 1 rings (SSSR count). The Morgan fingerprint density at radius 2 is 2.31 bits per heavy atom. The van der Waals surface area contributed by atoms with Crippen molar-refractivity contribution in [2.24, 2.45) is 5.18 Å². The number of methoxy groups -OCH3 is 1. The zero-order valence-corrected chi connectivity index (χ0v) is 8.47. The zero-order valence-electron chi connectivity index (χ0n) is 6.88. The van der Waals surface area contributed by atoms with Gasteiger partial charge in [0.1, 0.15) is 6.54 Å². The number of hydrogen-bond donors (Lipinski definition) is 0. The van der Waals surface area contributed by atoms with E-state index in [0.29, 0.717) is 10.0 Å². The van der Waals surface area contributed by atoms with E-state index in [1.165, 1.54) is 13.2 Å². The molecule has 0 fully saturated rings. The summed E-state index contributed by atoms with van der Waals surface area (Å²) in [4.78, 5) is 10.0. The first-order chi connectivity index (χ1) is 6.19. The second kappa shape index (κ2) is 4.32. The molecule has 5 heteroatoms. The van der Waals surface area contributed by atoms with Crippen molar-refractivity contribution >= 4 is 15.9 Å². The third-order valence-corrected chi connectivity index (χ3v) is 1.98. The van der Waals surface area contributed by atoms with E-state index in [0.717, 1.165) is 0 Å². The normalized spacial score (nSPS) is 9.77. The van der Waals surface area contributed by atoms with Crippen molar-refractivity contribution in [3.05, 3.63) is 32.9 Å². The van der Waals surface area contributed by atoms with E-state index in [4.69, 9.17) is 4.74 Å². The highest BCUT2D eigenvalue weighted by atomic mass is 79.9. The lowest BCUT2D eigenvalue weighted by Gasteiger charge is -2.06. The maximum atomic E-state index is 13.1. The van der Waals surface area contributed by atoms with Gasteiger partial charge in [0.05, 0.1) is 7.11 Å². The summed E-state index contributed by atoms with van der Waals surface area (Å²) in [7, 11) is 1.35.